The summed E-state index contributed by atoms with van der Waals surface area (Å²) in [5.41, 5.74) is 2.89. The van der Waals surface area contributed by atoms with Crippen LogP contribution in [-0.4, -0.2) is 64.9 Å². The molecule has 1 aromatic carbocycles. The highest BCUT2D eigenvalue weighted by Gasteiger charge is 2.39. The van der Waals surface area contributed by atoms with Crippen molar-refractivity contribution in [1.82, 2.24) is 19.9 Å². The lowest BCUT2D eigenvalue weighted by molar-refractivity contribution is -0.137. The fourth-order valence-electron chi connectivity index (χ4n) is 5.69. The van der Waals surface area contributed by atoms with E-state index in [4.69, 9.17) is 22.1 Å². The molecule has 13 heteroatoms. The predicted octanol–water partition coefficient (Wildman–Crippen LogP) is 6.19. The van der Waals surface area contributed by atoms with Crippen molar-refractivity contribution in [3.8, 4) is 17.3 Å². The van der Waals surface area contributed by atoms with Crippen LogP contribution >= 0.6 is 11.6 Å². The van der Waals surface area contributed by atoms with Gasteiger partial charge in [-0.05, 0) is 64.3 Å². The summed E-state index contributed by atoms with van der Waals surface area (Å²) >= 11 is 6.50. The second-order valence-corrected chi connectivity index (χ2v) is 11.0. The molecular formula is C27H30ClF5N6O. The van der Waals surface area contributed by atoms with E-state index in [0.717, 1.165) is 25.3 Å². The summed E-state index contributed by atoms with van der Waals surface area (Å²) in [7, 11) is 1.78. The number of aryl methyl sites for hydroxylation is 1. The van der Waals surface area contributed by atoms with Gasteiger partial charge < -0.3 is 15.4 Å². The average molecular weight is 585 g/mol. The second kappa shape index (κ2) is 10.8. The Hall–Kier alpha value is -2.99. The number of likely N-dealkylation sites (N-methyl/N-ethyl adjacent to an activating group) is 1. The molecule has 2 aromatic heterocycles. The van der Waals surface area contributed by atoms with Crippen LogP contribution in [0.2, 0.25) is 5.02 Å². The number of hydrogen-bond donors (Lipinski definition) is 1. The van der Waals surface area contributed by atoms with Crippen LogP contribution in [0.5, 0.6) is 6.01 Å². The molecule has 3 atom stereocenters. The minimum absolute atomic E-state index is 0.0598. The molecule has 2 aliphatic heterocycles. The number of hydrogen-bond acceptors (Lipinski definition) is 7. The number of nitrogen functional groups attached to an aromatic ring is 1. The number of aromatic nitrogens is 3. The number of ether oxygens (including phenoxy) is 1. The van der Waals surface area contributed by atoms with Gasteiger partial charge in [-0.2, -0.15) is 23.1 Å². The summed E-state index contributed by atoms with van der Waals surface area (Å²) in [4.78, 5) is 16.5. The van der Waals surface area contributed by atoms with Crippen LogP contribution < -0.4 is 15.4 Å². The molecule has 4 heterocycles. The minimum atomic E-state index is -4.85. The molecule has 2 aliphatic rings. The van der Waals surface area contributed by atoms with E-state index in [1.165, 1.54) is 13.0 Å². The highest BCUT2D eigenvalue weighted by Crippen LogP contribution is 2.45. The number of fused-ring (bicyclic) bond motifs is 1. The Morgan fingerprint density at radius 1 is 1.18 bits per heavy atom. The Morgan fingerprint density at radius 3 is 2.58 bits per heavy atom. The van der Waals surface area contributed by atoms with E-state index in [0.29, 0.717) is 12.4 Å². The van der Waals surface area contributed by atoms with Gasteiger partial charge in [0.1, 0.15) is 29.9 Å². The van der Waals surface area contributed by atoms with E-state index in [-0.39, 0.29) is 65.0 Å². The van der Waals surface area contributed by atoms with Crippen LogP contribution in [0.3, 0.4) is 0 Å². The zero-order valence-electron chi connectivity index (χ0n) is 22.3. The van der Waals surface area contributed by atoms with Gasteiger partial charge in [0.25, 0.3) is 0 Å². The van der Waals surface area contributed by atoms with Gasteiger partial charge in [-0.3, -0.25) is 4.90 Å². The van der Waals surface area contributed by atoms with E-state index in [1.807, 2.05) is 16.7 Å². The molecule has 0 unspecified atom stereocenters. The topological polar surface area (TPSA) is 80.4 Å². The van der Waals surface area contributed by atoms with E-state index in [9.17, 15) is 17.6 Å². The van der Waals surface area contributed by atoms with Crippen molar-refractivity contribution < 1.29 is 26.7 Å². The smallest absolute Gasteiger partial charge is 0.418 e. The van der Waals surface area contributed by atoms with Gasteiger partial charge in [0, 0.05) is 30.6 Å². The Bertz CT molecular complexity index is 1440. The molecule has 3 aromatic rings. The summed E-state index contributed by atoms with van der Waals surface area (Å²) in [6, 6.07) is 2.12. The number of rotatable bonds is 5. The molecule has 5 rings (SSSR count). The van der Waals surface area contributed by atoms with Gasteiger partial charge in [0.15, 0.2) is 5.82 Å². The summed E-state index contributed by atoms with van der Waals surface area (Å²) in [5.74, 6) is -0.932. The Morgan fingerprint density at radius 2 is 1.93 bits per heavy atom. The van der Waals surface area contributed by atoms with Gasteiger partial charge in [-0.1, -0.05) is 11.6 Å². The number of nitrogens with two attached hydrogens (primary N) is 1. The van der Waals surface area contributed by atoms with Crippen molar-refractivity contribution >= 4 is 34.1 Å². The average Bonchev–Trinajstić information content (AvgIpc) is 3.18. The summed E-state index contributed by atoms with van der Waals surface area (Å²) in [5, 5.41) is -0.0407. The lowest BCUT2D eigenvalue weighted by Gasteiger charge is -2.35. The fraction of sp³-hybridized carbons (Fsp3) is 0.519. The highest BCUT2D eigenvalue weighted by molar-refractivity contribution is 6.34. The van der Waals surface area contributed by atoms with E-state index in [2.05, 4.69) is 15.0 Å². The van der Waals surface area contributed by atoms with Crippen molar-refractivity contribution in [3.63, 3.8) is 0 Å². The molecule has 0 spiro atoms. The second-order valence-electron chi connectivity index (χ2n) is 10.6. The Kier molecular flexibility index (Phi) is 7.68. The standard InChI is InChI=1S/C27H30ClF5N6O/c1-13-8-19(34)35-24(21(13)27(31,32)33)20-18(28)10-17-23(22(20)30)36-26(40-12-16-9-15(29)11-38(16)3)37-25(17)39-7-5-4-6-14(39)2/h8,10,14-16H,4-7,9,11-12H2,1-3H3,(H2,34,35)/t14-,15+,16-/m0/s1. The zero-order valence-corrected chi connectivity index (χ0v) is 23.1. The first-order chi connectivity index (χ1) is 18.8. The number of alkyl halides is 4. The van der Waals surface area contributed by atoms with Crippen molar-refractivity contribution in [2.75, 3.05) is 37.4 Å². The molecule has 2 saturated heterocycles. The molecule has 0 saturated carbocycles. The number of benzene rings is 1. The number of piperidine rings is 1. The molecule has 7 nitrogen and oxygen atoms in total. The number of nitrogens with zero attached hydrogens (tertiary/aromatic N) is 5. The quantitative estimate of drug-likeness (QED) is 0.358. The van der Waals surface area contributed by atoms with Crippen LogP contribution in [-0.2, 0) is 6.18 Å². The maximum atomic E-state index is 16.4. The van der Waals surface area contributed by atoms with Crippen LogP contribution in [0, 0.1) is 12.7 Å². The fourth-order valence-corrected chi connectivity index (χ4v) is 5.97. The number of halogens is 6. The summed E-state index contributed by atoms with van der Waals surface area (Å²) < 4.78 is 78.4. The van der Waals surface area contributed by atoms with Crippen LogP contribution in [0.4, 0.5) is 33.6 Å². The van der Waals surface area contributed by atoms with Crippen LogP contribution in [0.15, 0.2) is 12.1 Å². The van der Waals surface area contributed by atoms with Gasteiger partial charge in [-0.15, -0.1) is 0 Å². The molecule has 0 aliphatic carbocycles. The van der Waals surface area contributed by atoms with Crippen LogP contribution in [0.25, 0.3) is 22.2 Å². The number of likely N-dealkylation sites (tertiary alicyclic amines) is 1. The molecule has 216 valence electrons. The maximum absolute atomic E-state index is 16.4. The van der Waals surface area contributed by atoms with Crippen molar-refractivity contribution in [2.24, 2.45) is 0 Å². The highest BCUT2D eigenvalue weighted by atomic mass is 35.5. The SMILES string of the molecule is Cc1cc(N)nc(-c2c(Cl)cc3c(N4CCCC[C@@H]4C)nc(OC[C@@H]4C[C@@H](F)CN4C)nc3c2F)c1C(F)(F)F. The first-order valence-electron chi connectivity index (χ1n) is 13.1. The van der Waals surface area contributed by atoms with Gasteiger partial charge in [0.2, 0.25) is 0 Å². The predicted molar refractivity (Wildman–Crippen MR) is 144 cm³/mol. The first-order valence-corrected chi connectivity index (χ1v) is 13.5. The normalized spacial score (nSPS) is 22.3. The molecule has 40 heavy (non-hydrogen) atoms. The lowest BCUT2D eigenvalue weighted by atomic mass is 9.98. The van der Waals surface area contributed by atoms with Crippen LogP contribution in [0.1, 0.15) is 43.7 Å². The molecule has 2 N–H and O–H groups in total. The molecule has 0 radical (unpaired) electrons. The van der Waals surface area contributed by atoms with E-state index >= 15 is 4.39 Å². The largest absolute Gasteiger partial charge is 0.462 e. The number of pyridine rings is 1. The monoisotopic (exact) mass is 584 g/mol. The number of anilines is 2. The van der Waals surface area contributed by atoms with Crippen molar-refractivity contribution in [1.29, 1.82) is 0 Å². The molecule has 0 amide bonds. The third kappa shape index (κ3) is 5.35. The molecular weight excluding hydrogens is 555 g/mol. The third-order valence-electron chi connectivity index (χ3n) is 7.72. The van der Waals surface area contributed by atoms with Crippen molar-refractivity contribution in [2.45, 2.75) is 64.0 Å². The molecule has 0 bridgehead atoms. The lowest BCUT2D eigenvalue weighted by Crippen LogP contribution is -2.38. The first kappa shape index (κ1) is 28.5. The van der Waals surface area contributed by atoms with Gasteiger partial charge in [-0.25, -0.2) is 13.8 Å². The maximum Gasteiger partial charge on any atom is 0.418 e. The van der Waals surface area contributed by atoms with Crippen molar-refractivity contribution in [3.05, 3.63) is 34.1 Å². The van der Waals surface area contributed by atoms with E-state index < -0.39 is 35.0 Å². The third-order valence-corrected chi connectivity index (χ3v) is 8.01. The van der Waals surface area contributed by atoms with E-state index in [1.54, 1.807) is 7.05 Å². The summed E-state index contributed by atoms with van der Waals surface area (Å²) in [6.07, 6.45) is -2.78. The minimum Gasteiger partial charge on any atom is -0.462 e. The summed E-state index contributed by atoms with van der Waals surface area (Å²) in [6.45, 7) is 4.21. The van der Waals surface area contributed by atoms with Gasteiger partial charge >= 0.3 is 12.2 Å². The zero-order chi connectivity index (χ0) is 28.9. The molecule has 2 fully saturated rings. The Balaban J connectivity index is 1.69. The van der Waals surface area contributed by atoms with Gasteiger partial charge in [0.05, 0.1) is 21.8 Å². The Labute approximate surface area is 233 Å².